The lowest BCUT2D eigenvalue weighted by Gasteiger charge is -2.12. The first-order valence-corrected chi connectivity index (χ1v) is 7.32. The van der Waals surface area contributed by atoms with E-state index in [-0.39, 0.29) is 18.0 Å². The van der Waals surface area contributed by atoms with Crippen LogP contribution in [-0.4, -0.2) is 36.3 Å². The first-order valence-electron chi connectivity index (χ1n) is 7.32. The molecule has 0 amide bonds. The summed E-state index contributed by atoms with van der Waals surface area (Å²) in [5.41, 5.74) is 1.67. The van der Waals surface area contributed by atoms with E-state index in [9.17, 15) is 10.2 Å². The molecule has 8 heteroatoms. The van der Waals surface area contributed by atoms with Gasteiger partial charge in [0, 0.05) is 18.4 Å². The first-order chi connectivity index (χ1) is 11.2. The number of fused-ring (bicyclic) bond motifs is 1. The zero-order chi connectivity index (χ0) is 15.8. The van der Waals surface area contributed by atoms with Crippen LogP contribution < -0.4 is 5.32 Å². The number of ether oxygens (including phenoxy) is 1. The number of phenols is 1. The van der Waals surface area contributed by atoms with Crippen molar-refractivity contribution in [3.63, 3.8) is 0 Å². The van der Waals surface area contributed by atoms with Gasteiger partial charge in [0.05, 0.1) is 6.33 Å². The van der Waals surface area contributed by atoms with Gasteiger partial charge in [-0.25, -0.2) is 4.98 Å². The molecule has 3 heterocycles. The third kappa shape index (κ3) is 2.53. The largest absolute Gasteiger partial charge is 0.508 e. The van der Waals surface area contributed by atoms with Crippen molar-refractivity contribution in [2.45, 2.75) is 19.1 Å². The highest BCUT2D eigenvalue weighted by Gasteiger charge is 2.22. The Bertz CT molecular complexity index is 857. The molecular formula is C15H15N5O3. The summed E-state index contributed by atoms with van der Waals surface area (Å²) in [4.78, 5) is 12.4. The molecule has 1 aliphatic rings. The number of hydrogen-bond donors (Lipinski definition) is 3. The Balaban J connectivity index is 1.77. The van der Waals surface area contributed by atoms with Gasteiger partial charge in [-0.1, -0.05) is 6.07 Å². The van der Waals surface area contributed by atoms with Crippen LogP contribution in [0.4, 0.5) is 11.5 Å². The van der Waals surface area contributed by atoms with Crippen LogP contribution in [0.3, 0.4) is 0 Å². The monoisotopic (exact) mass is 313 g/mol. The van der Waals surface area contributed by atoms with Crippen molar-refractivity contribution in [3.8, 4) is 11.8 Å². The van der Waals surface area contributed by atoms with Crippen molar-refractivity contribution in [2.24, 2.45) is 0 Å². The molecule has 1 atom stereocenters. The summed E-state index contributed by atoms with van der Waals surface area (Å²) >= 11 is 0. The molecule has 8 nitrogen and oxygen atoms in total. The Labute approximate surface area is 131 Å². The number of hydrogen-bond acceptors (Lipinski definition) is 7. The number of aromatic nitrogens is 4. The van der Waals surface area contributed by atoms with Gasteiger partial charge in [-0.15, -0.1) is 0 Å². The smallest absolute Gasteiger partial charge is 0.318 e. The average molecular weight is 313 g/mol. The van der Waals surface area contributed by atoms with Crippen LogP contribution in [-0.2, 0) is 4.74 Å². The summed E-state index contributed by atoms with van der Waals surface area (Å²) in [7, 11) is 0. The van der Waals surface area contributed by atoms with Crippen LogP contribution in [0.1, 0.15) is 19.1 Å². The predicted octanol–water partition coefficient (Wildman–Crippen LogP) is 2.29. The lowest BCUT2D eigenvalue weighted by atomic mass is 10.3. The van der Waals surface area contributed by atoms with Crippen molar-refractivity contribution in [3.05, 3.63) is 30.6 Å². The molecule has 1 aromatic carbocycles. The Morgan fingerprint density at radius 2 is 2.17 bits per heavy atom. The number of benzene rings is 1. The van der Waals surface area contributed by atoms with Gasteiger partial charge in [0.2, 0.25) is 0 Å². The number of nitrogens with zero attached hydrogens (tertiary/aromatic N) is 4. The quantitative estimate of drug-likeness (QED) is 0.681. The molecule has 118 valence electrons. The molecule has 1 saturated heterocycles. The lowest BCUT2D eigenvalue weighted by molar-refractivity contribution is 0.0592. The Morgan fingerprint density at radius 3 is 2.96 bits per heavy atom. The molecule has 3 N–H and O–H groups in total. The fraction of sp³-hybridized carbons (Fsp3) is 0.267. The number of anilines is 2. The fourth-order valence-electron chi connectivity index (χ4n) is 2.70. The van der Waals surface area contributed by atoms with Gasteiger partial charge in [0.25, 0.3) is 0 Å². The number of nitrogens with one attached hydrogen (secondary N) is 1. The summed E-state index contributed by atoms with van der Waals surface area (Å²) in [5, 5.41) is 22.4. The van der Waals surface area contributed by atoms with Gasteiger partial charge in [-0.05, 0) is 25.0 Å². The van der Waals surface area contributed by atoms with Crippen LogP contribution >= 0.6 is 0 Å². The molecule has 2 aromatic heterocycles. The van der Waals surface area contributed by atoms with Gasteiger partial charge in [0.15, 0.2) is 17.0 Å². The summed E-state index contributed by atoms with van der Waals surface area (Å²) in [5.74, 6) is 0.504. The minimum absolute atomic E-state index is 0.122. The van der Waals surface area contributed by atoms with Crippen molar-refractivity contribution < 1.29 is 14.9 Å². The first kappa shape index (κ1) is 13.8. The molecule has 0 bridgehead atoms. The van der Waals surface area contributed by atoms with Crippen LogP contribution in [0, 0.1) is 0 Å². The molecule has 0 aliphatic carbocycles. The molecule has 23 heavy (non-hydrogen) atoms. The second-order valence-electron chi connectivity index (χ2n) is 5.34. The maximum Gasteiger partial charge on any atom is 0.318 e. The molecule has 1 fully saturated rings. The van der Waals surface area contributed by atoms with Crippen molar-refractivity contribution >= 4 is 22.7 Å². The highest BCUT2D eigenvalue weighted by Crippen LogP contribution is 2.30. The van der Waals surface area contributed by atoms with Gasteiger partial charge in [-0.2, -0.15) is 9.97 Å². The maximum absolute atomic E-state index is 9.84. The molecule has 0 saturated carbocycles. The Morgan fingerprint density at radius 1 is 1.26 bits per heavy atom. The minimum atomic E-state index is -0.347. The average Bonchev–Trinajstić information content (AvgIpc) is 3.15. The van der Waals surface area contributed by atoms with Crippen molar-refractivity contribution in [1.82, 2.24) is 19.5 Å². The van der Waals surface area contributed by atoms with Crippen LogP contribution in [0.15, 0.2) is 30.6 Å². The Hall–Kier alpha value is -2.87. The van der Waals surface area contributed by atoms with Crippen LogP contribution in [0.25, 0.3) is 11.2 Å². The Kier molecular flexibility index (Phi) is 3.23. The zero-order valence-electron chi connectivity index (χ0n) is 12.2. The van der Waals surface area contributed by atoms with Crippen molar-refractivity contribution in [2.75, 3.05) is 11.9 Å². The topological polar surface area (TPSA) is 105 Å². The number of imidazole rings is 1. The predicted molar refractivity (Wildman–Crippen MR) is 82.6 cm³/mol. The number of phenolic OH excluding ortho intramolecular Hbond substituents is 1. The van der Waals surface area contributed by atoms with E-state index >= 15 is 0 Å². The molecule has 3 aromatic rings. The zero-order valence-corrected chi connectivity index (χ0v) is 12.2. The van der Waals surface area contributed by atoms with E-state index in [0.717, 1.165) is 12.8 Å². The van der Waals surface area contributed by atoms with Crippen LogP contribution in [0.5, 0.6) is 11.8 Å². The number of aromatic hydroxyl groups is 2. The second-order valence-corrected chi connectivity index (χ2v) is 5.34. The lowest BCUT2D eigenvalue weighted by Crippen LogP contribution is -2.07. The van der Waals surface area contributed by atoms with Crippen molar-refractivity contribution in [1.29, 1.82) is 0 Å². The summed E-state index contributed by atoms with van der Waals surface area (Å²) in [6.45, 7) is 0.704. The van der Waals surface area contributed by atoms with Gasteiger partial charge in [0.1, 0.15) is 12.0 Å². The highest BCUT2D eigenvalue weighted by molar-refractivity contribution is 5.85. The molecule has 1 unspecified atom stereocenters. The van der Waals surface area contributed by atoms with Crippen LogP contribution in [0.2, 0.25) is 0 Å². The SMILES string of the molecule is Oc1cccc(Nc2nc(O)nc3c2ncn3C2CCCO2)c1. The normalized spacial score (nSPS) is 17.7. The summed E-state index contributed by atoms with van der Waals surface area (Å²) in [6.07, 6.45) is 3.38. The third-order valence-electron chi connectivity index (χ3n) is 3.73. The summed E-state index contributed by atoms with van der Waals surface area (Å²) < 4.78 is 7.45. The molecule has 0 radical (unpaired) electrons. The van der Waals surface area contributed by atoms with E-state index in [1.54, 1.807) is 35.2 Å². The van der Waals surface area contributed by atoms with E-state index in [1.807, 2.05) is 0 Å². The van der Waals surface area contributed by atoms with E-state index in [4.69, 9.17) is 4.74 Å². The molecule has 1 aliphatic heterocycles. The van der Waals surface area contributed by atoms with E-state index in [1.165, 1.54) is 0 Å². The van der Waals surface area contributed by atoms with E-state index < -0.39 is 0 Å². The molecular weight excluding hydrogens is 298 g/mol. The molecule has 0 spiro atoms. The maximum atomic E-state index is 9.84. The highest BCUT2D eigenvalue weighted by atomic mass is 16.5. The van der Waals surface area contributed by atoms with Gasteiger partial charge < -0.3 is 20.3 Å². The minimum Gasteiger partial charge on any atom is -0.508 e. The van der Waals surface area contributed by atoms with Gasteiger partial charge in [-0.3, -0.25) is 4.57 Å². The number of rotatable bonds is 3. The second kappa shape index (κ2) is 5.40. The van der Waals surface area contributed by atoms with E-state index in [0.29, 0.717) is 29.3 Å². The standard InChI is InChI=1S/C15H15N5O3/c21-10-4-1-3-9(7-10)17-13-12-14(19-15(22)18-13)20(8-16-12)11-5-2-6-23-11/h1,3-4,7-8,11,21H,2,5-6H2,(H2,17,18,19,22). The fourth-order valence-corrected chi connectivity index (χ4v) is 2.70. The molecule has 4 rings (SSSR count). The van der Waals surface area contributed by atoms with E-state index in [2.05, 4.69) is 20.3 Å². The third-order valence-corrected chi connectivity index (χ3v) is 3.73. The summed E-state index contributed by atoms with van der Waals surface area (Å²) in [6, 6.07) is 6.27. The van der Waals surface area contributed by atoms with Gasteiger partial charge >= 0.3 is 6.01 Å².